The minimum atomic E-state index is 0. The van der Waals surface area contributed by atoms with Crippen molar-refractivity contribution in [2.24, 2.45) is 0 Å². The molecule has 4 heteroatoms. The Labute approximate surface area is 397 Å². The molecule has 2 aliphatic carbocycles. The molecule has 323 valence electrons. The van der Waals surface area contributed by atoms with Gasteiger partial charge in [0, 0.05) is 9.52 Å². The Morgan fingerprint density at radius 1 is 0.435 bits per heavy atom. The van der Waals surface area contributed by atoms with Crippen molar-refractivity contribution in [1.82, 2.24) is 0 Å². The number of hydrogen-bond acceptors (Lipinski definition) is 2. The maximum absolute atomic E-state index is 11.6. The first-order chi connectivity index (χ1) is 28.3. The van der Waals surface area contributed by atoms with Crippen molar-refractivity contribution in [2.45, 2.75) is 145 Å². The van der Waals surface area contributed by atoms with E-state index in [2.05, 4.69) is 207 Å². The number of allylic oxidation sites excluding steroid dienone is 2. The van der Waals surface area contributed by atoms with Gasteiger partial charge in [0.2, 0.25) is 0 Å². The Bertz CT molecular complexity index is 2250. The van der Waals surface area contributed by atoms with Crippen LogP contribution in [0.5, 0.6) is 11.5 Å². The van der Waals surface area contributed by atoms with Crippen LogP contribution in [0.1, 0.15) is 141 Å². The third-order valence-electron chi connectivity index (χ3n) is 10.9. The maximum Gasteiger partial charge on any atom is 4.00 e. The Balaban J connectivity index is 0.000000214. The summed E-state index contributed by atoms with van der Waals surface area (Å²) in [5.41, 5.74) is 12.8. The maximum atomic E-state index is 11.6. The molecule has 0 unspecified atom stereocenters. The fourth-order valence-electron chi connectivity index (χ4n) is 7.24. The van der Waals surface area contributed by atoms with Crippen LogP contribution < -0.4 is 10.2 Å². The Morgan fingerprint density at radius 3 is 0.984 bits per heavy atom. The zero-order valence-electron chi connectivity index (χ0n) is 40.7. The van der Waals surface area contributed by atoms with Gasteiger partial charge in [-0.15, -0.1) is 68.8 Å². The van der Waals surface area contributed by atoms with Crippen LogP contribution in [-0.2, 0) is 60.7 Å². The van der Waals surface area contributed by atoms with Crippen LogP contribution >= 0.6 is 0 Å². The predicted molar refractivity (Wildman–Crippen MR) is 264 cm³/mol. The van der Waals surface area contributed by atoms with E-state index in [0.717, 1.165) is 44.6 Å². The number of rotatable bonds is 0. The average Bonchev–Trinajstić information content (AvgIpc) is 3.75. The molecule has 0 bridgehead atoms. The Hall–Kier alpha value is -3.98. The average molecular weight is 920 g/mol. The smallest absolute Gasteiger partial charge is 0.872 e. The van der Waals surface area contributed by atoms with E-state index in [9.17, 15) is 10.2 Å². The first-order valence-electron chi connectivity index (χ1n) is 21.9. The molecule has 8 rings (SSSR count). The first kappa shape index (κ1) is 52.4. The van der Waals surface area contributed by atoms with Gasteiger partial charge in [-0.2, -0.15) is 23.3 Å². The summed E-state index contributed by atoms with van der Waals surface area (Å²) in [6.45, 7) is 34.3. The van der Waals surface area contributed by atoms with Gasteiger partial charge < -0.3 is 10.2 Å². The third-order valence-corrected chi connectivity index (χ3v) is 10.9. The topological polar surface area (TPSA) is 46.1 Å². The molecule has 0 fully saturated rings. The van der Waals surface area contributed by atoms with Crippen LogP contribution in [0, 0.1) is 12.2 Å². The van der Waals surface area contributed by atoms with Gasteiger partial charge in [0.25, 0.3) is 0 Å². The number of benzene rings is 6. The second-order valence-corrected chi connectivity index (χ2v) is 22.0. The molecule has 0 amide bonds. The molecular formula is C58H71O2SiZr. The van der Waals surface area contributed by atoms with Crippen LogP contribution in [0.15, 0.2) is 120 Å². The molecular weight excluding hydrogens is 848 g/mol. The van der Waals surface area contributed by atoms with E-state index in [1.807, 2.05) is 0 Å². The van der Waals surface area contributed by atoms with Gasteiger partial charge in [0.1, 0.15) is 0 Å². The van der Waals surface area contributed by atoms with Crippen LogP contribution in [0.4, 0.5) is 0 Å². The molecule has 0 N–H and O–H groups in total. The molecule has 6 aromatic rings. The minimum Gasteiger partial charge on any atom is -0.872 e. The summed E-state index contributed by atoms with van der Waals surface area (Å²) in [6.07, 6.45) is 9.05. The second-order valence-electron chi connectivity index (χ2n) is 20.9. The van der Waals surface area contributed by atoms with Gasteiger partial charge >= 0.3 is 26.2 Å². The molecule has 0 heterocycles. The zero-order chi connectivity index (χ0) is 45.5. The van der Waals surface area contributed by atoms with E-state index in [-0.39, 0.29) is 59.4 Å². The van der Waals surface area contributed by atoms with Gasteiger partial charge in [-0.3, -0.25) is 0 Å². The van der Waals surface area contributed by atoms with Gasteiger partial charge in [-0.05, 0) is 43.9 Å². The summed E-state index contributed by atoms with van der Waals surface area (Å²) < 4.78 is 0. The van der Waals surface area contributed by atoms with Gasteiger partial charge in [0.15, 0.2) is 0 Å². The molecule has 0 aromatic heterocycles. The normalized spacial score (nSPS) is 13.0. The van der Waals surface area contributed by atoms with Crippen LogP contribution in [0.2, 0.25) is 13.1 Å². The monoisotopic (exact) mass is 917 g/mol. The standard InChI is InChI=1S/2C14H22O.2C14H11.C2H7Si.Zr/c2*1-13(2,3)10-7-11(14(4,5)6)9-12(15)8-10;2*1-10-8-12-7-6-11-4-2-3-5-13(11)14(12)9-10;1-3-2;/h2*7-9,15H,1-6H3;2*2-7H,8H2,1H3;3H,1-2H3;/q;;2*-1;;+4/p-2. The van der Waals surface area contributed by atoms with Crippen molar-refractivity contribution < 1.29 is 36.4 Å². The fourth-order valence-corrected chi connectivity index (χ4v) is 7.24. The van der Waals surface area contributed by atoms with Crippen molar-refractivity contribution in [2.75, 3.05) is 0 Å². The van der Waals surface area contributed by atoms with E-state index >= 15 is 0 Å². The molecule has 0 saturated heterocycles. The minimum absolute atomic E-state index is 0. The van der Waals surface area contributed by atoms with Crippen molar-refractivity contribution in [3.05, 3.63) is 177 Å². The summed E-state index contributed by atoms with van der Waals surface area (Å²) in [5, 5.41) is 28.5. The summed E-state index contributed by atoms with van der Waals surface area (Å²) in [7, 11) is 0.750. The number of fused-ring (bicyclic) bond motifs is 6. The Kier molecular flexibility index (Phi) is 18.2. The molecule has 2 nitrogen and oxygen atoms in total. The third kappa shape index (κ3) is 14.5. The molecule has 1 radical (unpaired) electrons. The van der Waals surface area contributed by atoms with E-state index in [4.69, 9.17) is 0 Å². The van der Waals surface area contributed by atoms with Crippen molar-refractivity contribution >= 4 is 31.1 Å². The SMILES string of the molecule is CC(C)(C)c1cc([O-])cc(C(C)(C)C)c1.CC(C)(C)c1cc([O-])cc(C(C)(C)C)c1.CC1=[C-]c2c(ccc3ccccc23)C1.CC1=[C-]c2c(ccc3ccccc23)C1.C[SiH]C.[Zr+4]. The van der Waals surface area contributed by atoms with Gasteiger partial charge in [-0.1, -0.05) is 219 Å². The van der Waals surface area contributed by atoms with Crippen LogP contribution in [0.25, 0.3) is 21.5 Å². The summed E-state index contributed by atoms with van der Waals surface area (Å²) in [5.74, 6) is 0.236. The molecule has 2 aliphatic rings. The molecule has 62 heavy (non-hydrogen) atoms. The fraction of sp³-hybridized carbons (Fsp3) is 0.379. The summed E-state index contributed by atoms with van der Waals surface area (Å²) >= 11 is 0. The molecule has 0 saturated carbocycles. The van der Waals surface area contributed by atoms with Crippen LogP contribution in [-0.4, -0.2) is 9.52 Å². The largest absolute Gasteiger partial charge is 4.00 e. The van der Waals surface area contributed by atoms with E-state index in [1.165, 1.54) is 54.9 Å². The van der Waals surface area contributed by atoms with Gasteiger partial charge in [-0.25, -0.2) is 0 Å². The molecule has 0 spiro atoms. The predicted octanol–water partition coefficient (Wildman–Crippen LogP) is 14.2. The summed E-state index contributed by atoms with van der Waals surface area (Å²) in [4.78, 5) is 0. The van der Waals surface area contributed by atoms with Crippen molar-refractivity contribution in [1.29, 1.82) is 0 Å². The molecule has 0 aliphatic heterocycles. The van der Waals surface area contributed by atoms with Crippen molar-refractivity contribution in [3.8, 4) is 11.5 Å². The zero-order valence-corrected chi connectivity index (χ0v) is 44.3. The second kappa shape index (κ2) is 21.6. The van der Waals surface area contributed by atoms with Crippen LogP contribution in [0.3, 0.4) is 0 Å². The van der Waals surface area contributed by atoms with Crippen molar-refractivity contribution in [3.63, 3.8) is 0 Å². The van der Waals surface area contributed by atoms with E-state index in [1.54, 1.807) is 24.3 Å². The number of hydrogen-bond donors (Lipinski definition) is 0. The summed E-state index contributed by atoms with van der Waals surface area (Å²) in [6, 6.07) is 37.2. The Morgan fingerprint density at radius 2 is 0.710 bits per heavy atom. The van der Waals surface area contributed by atoms with Gasteiger partial charge in [0.05, 0.1) is 0 Å². The first-order valence-corrected chi connectivity index (χ1v) is 24.2. The van der Waals surface area contributed by atoms with E-state index in [0.29, 0.717) is 0 Å². The quantitative estimate of drug-likeness (QED) is 0.113. The molecule has 6 aromatic carbocycles. The van der Waals surface area contributed by atoms with E-state index < -0.39 is 0 Å². The molecule has 0 atom stereocenters.